The van der Waals surface area contributed by atoms with Crippen LogP contribution >= 0.6 is 0 Å². The van der Waals surface area contributed by atoms with Crippen LogP contribution < -0.4 is 0 Å². The molecular formula is C12H14N2. The number of hydrogen-bond donors (Lipinski definition) is 0. The summed E-state index contributed by atoms with van der Waals surface area (Å²) in [5, 5.41) is 4.55. The Bertz CT molecular complexity index is 349. The Morgan fingerprint density at radius 2 is 2.07 bits per heavy atom. The molecule has 2 nitrogen and oxygen atoms in total. The number of fused-ring (bicyclic) bond motifs is 3. The average molecular weight is 186 g/mol. The van der Waals surface area contributed by atoms with Gasteiger partial charge in [-0.25, -0.2) is 0 Å². The lowest BCUT2D eigenvalue weighted by atomic mass is 10.0. The first kappa shape index (κ1) is 7.92. The van der Waals surface area contributed by atoms with Crippen molar-refractivity contribution in [3.05, 3.63) is 48.5 Å². The highest BCUT2D eigenvalue weighted by Gasteiger charge is 2.31. The molecule has 1 atom stereocenters. The molecule has 2 heteroatoms. The zero-order chi connectivity index (χ0) is 9.38. The summed E-state index contributed by atoms with van der Waals surface area (Å²) >= 11 is 0. The van der Waals surface area contributed by atoms with Gasteiger partial charge in [-0.2, -0.15) is 0 Å². The van der Waals surface area contributed by atoms with Crippen molar-refractivity contribution in [3.8, 4) is 0 Å². The molecule has 0 saturated carbocycles. The van der Waals surface area contributed by atoms with Crippen molar-refractivity contribution in [3.63, 3.8) is 0 Å². The predicted molar refractivity (Wildman–Crippen MR) is 56.8 cm³/mol. The molecule has 0 radical (unpaired) electrons. The highest BCUT2D eigenvalue weighted by atomic mass is 15.6. The van der Waals surface area contributed by atoms with Gasteiger partial charge in [-0.05, 0) is 31.1 Å². The molecule has 3 aliphatic rings. The Morgan fingerprint density at radius 1 is 1.14 bits per heavy atom. The number of hydrogen-bond acceptors (Lipinski definition) is 2. The van der Waals surface area contributed by atoms with Crippen molar-refractivity contribution < 1.29 is 0 Å². The number of hydrazine groups is 1. The van der Waals surface area contributed by atoms with E-state index in [0.29, 0.717) is 5.92 Å². The summed E-state index contributed by atoms with van der Waals surface area (Å²) in [6, 6.07) is 0. The molecule has 0 bridgehead atoms. The Kier molecular flexibility index (Phi) is 1.72. The third-order valence-electron chi connectivity index (χ3n) is 3.05. The van der Waals surface area contributed by atoms with E-state index < -0.39 is 0 Å². The second-order valence-electron chi connectivity index (χ2n) is 3.94. The van der Waals surface area contributed by atoms with Crippen LogP contribution in [0.5, 0.6) is 0 Å². The summed E-state index contributed by atoms with van der Waals surface area (Å²) in [5.41, 5.74) is 1.44. The van der Waals surface area contributed by atoms with Crippen LogP contribution in [0, 0.1) is 5.92 Å². The fourth-order valence-corrected chi connectivity index (χ4v) is 2.34. The van der Waals surface area contributed by atoms with Crippen molar-refractivity contribution in [1.82, 2.24) is 10.0 Å². The van der Waals surface area contributed by atoms with Gasteiger partial charge >= 0.3 is 0 Å². The molecule has 2 heterocycles. The standard InChI is InChI=1S/C12H14N2/c1-2-6-11-10-13-8-4-5-9-14(13)12(11)7-3-1/h1,3-5,7-9,11H,2,6,10H2. The van der Waals surface area contributed by atoms with E-state index in [0.717, 1.165) is 6.54 Å². The van der Waals surface area contributed by atoms with E-state index in [1.807, 2.05) is 0 Å². The van der Waals surface area contributed by atoms with E-state index in [1.54, 1.807) is 0 Å². The summed E-state index contributed by atoms with van der Waals surface area (Å²) in [7, 11) is 0. The largest absolute Gasteiger partial charge is 0.288 e. The molecule has 0 N–H and O–H groups in total. The lowest BCUT2D eigenvalue weighted by molar-refractivity contribution is 0.166. The zero-order valence-electron chi connectivity index (χ0n) is 8.13. The summed E-state index contributed by atoms with van der Waals surface area (Å²) in [6.07, 6.45) is 17.7. The quantitative estimate of drug-likeness (QED) is 0.573. The van der Waals surface area contributed by atoms with Crippen LogP contribution in [0.4, 0.5) is 0 Å². The molecule has 72 valence electrons. The first-order chi connectivity index (χ1) is 6.95. The van der Waals surface area contributed by atoms with Crippen molar-refractivity contribution in [2.75, 3.05) is 6.54 Å². The second-order valence-corrected chi connectivity index (χ2v) is 3.94. The SMILES string of the molecule is C1=CCCC2CN3C=CC=CN3C2=C1. The number of allylic oxidation sites excluding steroid dienone is 5. The average Bonchev–Trinajstić information content (AvgIpc) is 2.42. The van der Waals surface area contributed by atoms with Crippen LogP contribution in [-0.4, -0.2) is 16.6 Å². The van der Waals surface area contributed by atoms with Crippen LogP contribution in [0.25, 0.3) is 0 Å². The maximum Gasteiger partial charge on any atom is 0.0477 e. The van der Waals surface area contributed by atoms with Crippen LogP contribution in [0.2, 0.25) is 0 Å². The van der Waals surface area contributed by atoms with Gasteiger partial charge in [0.05, 0.1) is 0 Å². The lowest BCUT2D eigenvalue weighted by Gasteiger charge is -2.27. The van der Waals surface area contributed by atoms with Crippen LogP contribution in [0.1, 0.15) is 12.8 Å². The normalized spacial score (nSPS) is 28.6. The molecule has 0 spiro atoms. The van der Waals surface area contributed by atoms with E-state index in [4.69, 9.17) is 0 Å². The Labute approximate surface area is 84.5 Å². The molecule has 0 aromatic rings. The molecule has 2 aliphatic heterocycles. The van der Waals surface area contributed by atoms with Crippen molar-refractivity contribution in [1.29, 1.82) is 0 Å². The minimum atomic E-state index is 0.706. The van der Waals surface area contributed by atoms with E-state index in [2.05, 4.69) is 52.8 Å². The first-order valence-electron chi connectivity index (χ1n) is 5.22. The van der Waals surface area contributed by atoms with Gasteiger partial charge in [-0.15, -0.1) is 0 Å². The molecule has 1 unspecified atom stereocenters. The Balaban J connectivity index is 1.96. The minimum absolute atomic E-state index is 0.706. The highest BCUT2D eigenvalue weighted by molar-refractivity contribution is 5.25. The first-order valence-corrected chi connectivity index (χ1v) is 5.22. The van der Waals surface area contributed by atoms with Gasteiger partial charge in [0.2, 0.25) is 0 Å². The van der Waals surface area contributed by atoms with Crippen LogP contribution in [-0.2, 0) is 0 Å². The molecule has 3 rings (SSSR count). The Morgan fingerprint density at radius 3 is 3.07 bits per heavy atom. The summed E-state index contributed by atoms with van der Waals surface area (Å²) in [6.45, 7) is 1.13. The minimum Gasteiger partial charge on any atom is -0.288 e. The van der Waals surface area contributed by atoms with Gasteiger partial charge < -0.3 is 0 Å². The van der Waals surface area contributed by atoms with E-state index >= 15 is 0 Å². The maximum atomic E-state index is 2.29. The molecule has 0 amide bonds. The molecule has 1 saturated heterocycles. The lowest BCUT2D eigenvalue weighted by Crippen LogP contribution is -2.27. The van der Waals surface area contributed by atoms with Gasteiger partial charge in [0.25, 0.3) is 0 Å². The third-order valence-corrected chi connectivity index (χ3v) is 3.05. The highest BCUT2D eigenvalue weighted by Crippen LogP contribution is 2.34. The molecular weight excluding hydrogens is 172 g/mol. The third kappa shape index (κ3) is 1.10. The summed E-state index contributed by atoms with van der Waals surface area (Å²) < 4.78 is 0. The summed E-state index contributed by atoms with van der Waals surface area (Å²) in [5.74, 6) is 0.706. The van der Waals surface area contributed by atoms with Crippen LogP contribution in [0.15, 0.2) is 48.5 Å². The zero-order valence-corrected chi connectivity index (χ0v) is 8.13. The molecule has 1 fully saturated rings. The van der Waals surface area contributed by atoms with E-state index in [-0.39, 0.29) is 0 Å². The smallest absolute Gasteiger partial charge is 0.0477 e. The molecule has 0 aromatic heterocycles. The topological polar surface area (TPSA) is 6.48 Å². The summed E-state index contributed by atoms with van der Waals surface area (Å²) in [4.78, 5) is 0. The van der Waals surface area contributed by atoms with Gasteiger partial charge in [0.1, 0.15) is 0 Å². The fraction of sp³-hybridized carbons (Fsp3) is 0.333. The number of nitrogens with zero attached hydrogens (tertiary/aromatic N) is 2. The second kappa shape index (κ2) is 3.05. The molecule has 0 aromatic carbocycles. The van der Waals surface area contributed by atoms with Crippen molar-refractivity contribution in [2.45, 2.75) is 12.8 Å². The van der Waals surface area contributed by atoms with E-state index in [9.17, 15) is 0 Å². The maximum absolute atomic E-state index is 2.29. The predicted octanol–water partition coefficient (Wildman–Crippen LogP) is 2.41. The van der Waals surface area contributed by atoms with E-state index in [1.165, 1.54) is 18.5 Å². The Hall–Kier alpha value is -1.44. The van der Waals surface area contributed by atoms with Gasteiger partial charge in [0.15, 0.2) is 0 Å². The fourth-order valence-electron chi connectivity index (χ4n) is 2.34. The van der Waals surface area contributed by atoms with Crippen molar-refractivity contribution in [2.24, 2.45) is 5.92 Å². The van der Waals surface area contributed by atoms with Gasteiger partial charge in [-0.3, -0.25) is 10.0 Å². The van der Waals surface area contributed by atoms with Gasteiger partial charge in [-0.1, -0.05) is 12.2 Å². The van der Waals surface area contributed by atoms with Gasteiger partial charge in [0, 0.05) is 30.6 Å². The van der Waals surface area contributed by atoms with Crippen molar-refractivity contribution >= 4 is 0 Å². The van der Waals surface area contributed by atoms with Crippen LogP contribution in [0.3, 0.4) is 0 Å². The monoisotopic (exact) mass is 186 g/mol. The molecule has 1 aliphatic carbocycles. The number of rotatable bonds is 0. The molecule has 14 heavy (non-hydrogen) atoms.